The van der Waals surface area contributed by atoms with Crippen LogP contribution in [0, 0.1) is 13.8 Å². The Bertz CT molecular complexity index is 641. The van der Waals surface area contributed by atoms with Gasteiger partial charge < -0.3 is 5.32 Å². The van der Waals surface area contributed by atoms with Gasteiger partial charge in [0.25, 0.3) is 0 Å². The number of aryl methyl sites for hydroxylation is 3. The summed E-state index contributed by atoms with van der Waals surface area (Å²) in [5.74, 6) is -0.0687. The minimum Gasteiger partial charge on any atom is -0.348 e. The highest BCUT2D eigenvalue weighted by Crippen LogP contribution is 2.19. The van der Waals surface area contributed by atoms with Crippen LogP contribution in [0.2, 0.25) is 0 Å². The first kappa shape index (κ1) is 15.8. The number of carbonyl (C=O) groups is 1. The van der Waals surface area contributed by atoms with Crippen molar-refractivity contribution in [3.63, 3.8) is 0 Å². The fraction of sp³-hybridized carbons (Fsp3) is 0.500. The van der Waals surface area contributed by atoms with Gasteiger partial charge in [-0.25, -0.2) is 0 Å². The molecule has 2 rings (SSSR count). The van der Waals surface area contributed by atoms with Crippen molar-refractivity contribution in [2.24, 2.45) is 7.05 Å². The van der Waals surface area contributed by atoms with E-state index in [1.54, 1.807) is 9.36 Å². The summed E-state index contributed by atoms with van der Waals surface area (Å²) in [7, 11) is 1.87. The van der Waals surface area contributed by atoms with Gasteiger partial charge in [0.1, 0.15) is 6.04 Å². The van der Waals surface area contributed by atoms with Crippen LogP contribution in [0.4, 0.5) is 0 Å². The van der Waals surface area contributed by atoms with Gasteiger partial charge in [-0.15, -0.1) is 0 Å². The number of nitrogens with zero attached hydrogens (tertiary/aromatic N) is 4. The molecule has 1 N–H and O–H groups in total. The molecule has 2 aromatic heterocycles. The Morgan fingerprint density at radius 1 is 1.24 bits per heavy atom. The fourth-order valence-corrected chi connectivity index (χ4v) is 2.52. The zero-order valence-corrected chi connectivity index (χ0v) is 14.5. The Morgan fingerprint density at radius 2 is 1.90 bits per heavy atom. The minimum atomic E-state index is -0.366. The molecule has 2 unspecified atom stereocenters. The molecule has 0 saturated carbocycles. The van der Waals surface area contributed by atoms with Crippen LogP contribution in [0.3, 0.4) is 0 Å². The van der Waals surface area contributed by atoms with Crippen LogP contribution >= 0.6 is 15.9 Å². The third-order valence-electron chi connectivity index (χ3n) is 3.51. The highest BCUT2D eigenvalue weighted by molar-refractivity contribution is 9.10. The standard InChI is InChI=1S/C14H20BrN5O/c1-8(12-6-19(5)17-9(12)2)16-14(21)11(4)20-7-13(15)10(3)18-20/h6-8,11H,1-5H3,(H,16,21). The Morgan fingerprint density at radius 3 is 2.38 bits per heavy atom. The second kappa shape index (κ2) is 6.01. The van der Waals surface area contributed by atoms with Crippen LogP contribution in [-0.2, 0) is 11.8 Å². The van der Waals surface area contributed by atoms with E-state index in [2.05, 4.69) is 31.4 Å². The molecule has 0 aliphatic heterocycles. The van der Waals surface area contributed by atoms with Gasteiger partial charge in [-0.05, 0) is 43.6 Å². The molecule has 0 aromatic carbocycles. The van der Waals surface area contributed by atoms with Crippen LogP contribution in [0.25, 0.3) is 0 Å². The number of hydrogen-bond donors (Lipinski definition) is 1. The molecule has 2 aromatic rings. The molecule has 0 bridgehead atoms. The second-order valence-corrected chi connectivity index (χ2v) is 6.15. The molecule has 0 aliphatic rings. The van der Waals surface area contributed by atoms with E-state index in [0.717, 1.165) is 21.4 Å². The van der Waals surface area contributed by atoms with Crippen molar-refractivity contribution < 1.29 is 4.79 Å². The number of halogens is 1. The van der Waals surface area contributed by atoms with E-state index in [-0.39, 0.29) is 18.0 Å². The van der Waals surface area contributed by atoms with Crippen molar-refractivity contribution in [2.75, 3.05) is 0 Å². The first-order valence-corrected chi connectivity index (χ1v) is 7.60. The van der Waals surface area contributed by atoms with Gasteiger partial charge in [-0.2, -0.15) is 10.2 Å². The molecule has 0 radical (unpaired) electrons. The summed E-state index contributed by atoms with van der Waals surface area (Å²) in [4.78, 5) is 12.4. The summed E-state index contributed by atoms with van der Waals surface area (Å²) in [5.41, 5.74) is 2.82. The molecule has 1 amide bonds. The molecular formula is C14H20BrN5O. The predicted octanol–water partition coefficient (Wildman–Crippen LogP) is 2.43. The maximum Gasteiger partial charge on any atom is 0.245 e. The minimum absolute atomic E-state index is 0.0687. The van der Waals surface area contributed by atoms with Crippen LogP contribution in [0.5, 0.6) is 0 Å². The molecule has 6 nitrogen and oxygen atoms in total. The molecule has 0 fully saturated rings. The third kappa shape index (κ3) is 3.34. The smallest absolute Gasteiger partial charge is 0.245 e. The van der Waals surface area contributed by atoms with Crippen LogP contribution < -0.4 is 5.32 Å². The van der Waals surface area contributed by atoms with Gasteiger partial charge in [0.15, 0.2) is 0 Å². The van der Waals surface area contributed by atoms with Crippen LogP contribution in [0.15, 0.2) is 16.9 Å². The van der Waals surface area contributed by atoms with E-state index in [9.17, 15) is 4.79 Å². The molecule has 0 aliphatic carbocycles. The summed E-state index contributed by atoms with van der Waals surface area (Å²) >= 11 is 3.41. The number of amides is 1. The molecule has 2 atom stereocenters. The average molecular weight is 354 g/mol. The third-order valence-corrected chi connectivity index (χ3v) is 4.29. The highest BCUT2D eigenvalue weighted by atomic mass is 79.9. The Hall–Kier alpha value is -1.63. The zero-order valence-electron chi connectivity index (χ0n) is 12.9. The monoisotopic (exact) mass is 353 g/mol. The summed E-state index contributed by atoms with van der Waals surface area (Å²) < 4.78 is 4.32. The average Bonchev–Trinajstić information content (AvgIpc) is 2.91. The summed E-state index contributed by atoms with van der Waals surface area (Å²) in [6, 6.07) is -0.455. The molecule has 0 saturated heterocycles. The molecule has 2 heterocycles. The number of aromatic nitrogens is 4. The van der Waals surface area contributed by atoms with Gasteiger partial charge in [-0.1, -0.05) is 0 Å². The maximum atomic E-state index is 12.4. The van der Waals surface area contributed by atoms with Crippen molar-refractivity contribution >= 4 is 21.8 Å². The Balaban J connectivity index is 2.08. The zero-order chi connectivity index (χ0) is 15.7. The van der Waals surface area contributed by atoms with Crippen molar-refractivity contribution in [2.45, 2.75) is 39.8 Å². The molecule has 21 heavy (non-hydrogen) atoms. The Labute approximate surface area is 132 Å². The van der Waals surface area contributed by atoms with Gasteiger partial charge in [0.05, 0.1) is 21.9 Å². The predicted molar refractivity (Wildman–Crippen MR) is 83.9 cm³/mol. The van der Waals surface area contributed by atoms with E-state index in [4.69, 9.17) is 0 Å². The van der Waals surface area contributed by atoms with Gasteiger partial charge in [0, 0.05) is 25.0 Å². The first-order chi connectivity index (χ1) is 9.79. The topological polar surface area (TPSA) is 64.7 Å². The normalized spacial score (nSPS) is 14.0. The number of carbonyl (C=O) groups excluding carboxylic acids is 1. The lowest BCUT2D eigenvalue weighted by Gasteiger charge is -2.17. The lowest BCUT2D eigenvalue weighted by Crippen LogP contribution is -2.33. The van der Waals surface area contributed by atoms with E-state index in [1.807, 2.05) is 47.1 Å². The van der Waals surface area contributed by atoms with Gasteiger partial charge in [-0.3, -0.25) is 14.2 Å². The first-order valence-electron chi connectivity index (χ1n) is 6.81. The SMILES string of the molecule is Cc1nn(C(C)C(=O)NC(C)c2cn(C)nc2C)cc1Br. The van der Waals surface area contributed by atoms with E-state index >= 15 is 0 Å². The van der Waals surface area contributed by atoms with Crippen molar-refractivity contribution in [3.05, 3.63) is 33.8 Å². The highest BCUT2D eigenvalue weighted by Gasteiger charge is 2.20. The number of rotatable bonds is 4. The molecule has 0 spiro atoms. The summed E-state index contributed by atoms with van der Waals surface area (Å²) in [6.07, 6.45) is 3.75. The fourth-order valence-electron chi connectivity index (χ4n) is 2.23. The maximum absolute atomic E-state index is 12.4. The van der Waals surface area contributed by atoms with Crippen LogP contribution in [0.1, 0.15) is 42.9 Å². The second-order valence-electron chi connectivity index (χ2n) is 5.29. The number of hydrogen-bond acceptors (Lipinski definition) is 3. The lowest BCUT2D eigenvalue weighted by atomic mass is 10.1. The van der Waals surface area contributed by atoms with E-state index in [0.29, 0.717) is 0 Å². The molecule has 7 heteroatoms. The van der Waals surface area contributed by atoms with Gasteiger partial charge in [0.2, 0.25) is 5.91 Å². The number of nitrogens with one attached hydrogen (secondary N) is 1. The van der Waals surface area contributed by atoms with Gasteiger partial charge >= 0.3 is 0 Å². The molecular weight excluding hydrogens is 334 g/mol. The van der Waals surface area contributed by atoms with E-state index in [1.165, 1.54) is 0 Å². The van der Waals surface area contributed by atoms with Crippen molar-refractivity contribution in [1.29, 1.82) is 0 Å². The largest absolute Gasteiger partial charge is 0.348 e. The summed E-state index contributed by atoms with van der Waals surface area (Å²) in [6.45, 7) is 7.62. The summed E-state index contributed by atoms with van der Waals surface area (Å²) in [5, 5.41) is 11.6. The Kier molecular flexibility index (Phi) is 4.51. The van der Waals surface area contributed by atoms with E-state index < -0.39 is 0 Å². The quantitative estimate of drug-likeness (QED) is 0.917. The van der Waals surface area contributed by atoms with Crippen molar-refractivity contribution in [3.8, 4) is 0 Å². The molecule has 114 valence electrons. The van der Waals surface area contributed by atoms with Crippen molar-refractivity contribution in [1.82, 2.24) is 24.9 Å². The van der Waals surface area contributed by atoms with Crippen LogP contribution in [-0.4, -0.2) is 25.5 Å². The lowest BCUT2D eigenvalue weighted by molar-refractivity contribution is -0.124.